The van der Waals surface area contributed by atoms with E-state index in [4.69, 9.17) is 4.74 Å². The van der Waals surface area contributed by atoms with Gasteiger partial charge in [0, 0.05) is 24.2 Å². The molecule has 0 aliphatic carbocycles. The second kappa shape index (κ2) is 10.2. The Morgan fingerprint density at radius 2 is 1.88 bits per heavy atom. The largest absolute Gasteiger partial charge is 0.495 e. The first-order chi connectivity index (χ1) is 16.3. The number of hydrogen-bond acceptors (Lipinski definition) is 4. The van der Waals surface area contributed by atoms with Crippen LogP contribution in [0, 0.1) is 17.7 Å². The Hall–Kier alpha value is -2.78. The van der Waals surface area contributed by atoms with Crippen molar-refractivity contribution in [3.05, 3.63) is 53.5 Å². The predicted octanol–water partition coefficient (Wildman–Crippen LogP) is 6.39. The number of methoxy groups -OCH3 is 1. The molecule has 4 rings (SSSR count). The van der Waals surface area contributed by atoms with E-state index in [1.807, 2.05) is 29.4 Å². The van der Waals surface area contributed by atoms with Gasteiger partial charge in [0.05, 0.1) is 30.6 Å². The van der Waals surface area contributed by atoms with Crippen molar-refractivity contribution >= 4 is 34.0 Å². The number of aromatic nitrogens is 1. The quantitative estimate of drug-likeness (QED) is 0.416. The van der Waals surface area contributed by atoms with Crippen molar-refractivity contribution in [3.8, 4) is 17.6 Å². The Morgan fingerprint density at radius 3 is 2.59 bits per heavy atom. The lowest BCUT2D eigenvalue weighted by Gasteiger charge is -2.24. The molecule has 6 heteroatoms. The molecule has 1 saturated heterocycles. The van der Waals surface area contributed by atoms with Gasteiger partial charge in [-0.1, -0.05) is 32.8 Å². The lowest BCUT2D eigenvalue weighted by molar-refractivity contribution is 0.414. The molecule has 2 aromatic carbocycles. The maximum atomic E-state index is 14.4. The Morgan fingerprint density at radius 1 is 1.12 bits per heavy atom. The number of nitrogens with one attached hydrogen (secondary N) is 2. The third kappa shape index (κ3) is 5.47. The molecular formula is C28H34FN3OS. The summed E-state index contributed by atoms with van der Waals surface area (Å²) < 4.78 is 21.9. The van der Waals surface area contributed by atoms with Crippen molar-refractivity contribution in [2.75, 3.05) is 35.8 Å². The molecule has 0 atom stereocenters. The summed E-state index contributed by atoms with van der Waals surface area (Å²) in [6.45, 7) is 7.04. The molecule has 0 unspecified atom stereocenters. The number of benzene rings is 2. The second-order valence-electron chi connectivity index (χ2n) is 9.83. The molecule has 3 aromatic rings. The highest BCUT2D eigenvalue weighted by atomic mass is 32.2. The van der Waals surface area contributed by atoms with E-state index in [9.17, 15) is 4.39 Å². The van der Waals surface area contributed by atoms with Gasteiger partial charge >= 0.3 is 0 Å². The zero-order valence-electron chi connectivity index (χ0n) is 20.7. The maximum Gasteiger partial charge on any atom is 0.142 e. The number of anilines is 2. The fraction of sp³-hybridized carbons (Fsp3) is 0.429. The molecule has 0 bridgehead atoms. The van der Waals surface area contributed by atoms with E-state index in [-0.39, 0.29) is 11.2 Å². The van der Waals surface area contributed by atoms with Gasteiger partial charge in [0.1, 0.15) is 11.6 Å². The highest BCUT2D eigenvalue weighted by molar-refractivity contribution is 7.99. The number of aryl methyl sites for hydroxylation is 1. The zero-order chi connectivity index (χ0) is 24.3. The first-order valence-electron chi connectivity index (χ1n) is 11.8. The summed E-state index contributed by atoms with van der Waals surface area (Å²) in [6.07, 6.45) is 2.21. The number of ether oxygens (including phenoxy) is 1. The van der Waals surface area contributed by atoms with Gasteiger partial charge in [-0.25, -0.2) is 4.39 Å². The number of hydrogen-bond donors (Lipinski definition) is 2. The summed E-state index contributed by atoms with van der Waals surface area (Å²) in [5.74, 6) is 9.35. The molecule has 1 aromatic heterocycles. The normalized spacial score (nSPS) is 14.5. The fourth-order valence-corrected chi connectivity index (χ4v) is 5.38. The van der Waals surface area contributed by atoms with Crippen LogP contribution >= 0.6 is 11.8 Å². The monoisotopic (exact) mass is 479 g/mol. The van der Waals surface area contributed by atoms with Crippen LogP contribution in [0.4, 0.5) is 15.8 Å². The Labute approximate surface area is 206 Å². The Bertz CT molecular complexity index is 1230. The minimum absolute atomic E-state index is 0.0588. The van der Waals surface area contributed by atoms with Gasteiger partial charge in [-0.3, -0.25) is 0 Å². The van der Waals surface area contributed by atoms with Crippen LogP contribution in [0.2, 0.25) is 0 Å². The molecule has 2 N–H and O–H groups in total. The summed E-state index contributed by atoms with van der Waals surface area (Å²) in [6, 6.07) is 11.9. The topological polar surface area (TPSA) is 38.2 Å². The SMILES string of the molecule is COc1cc(C(C)(C)C)ccc1NCC#Cc1cc2c(NC3CCSCC3)cc(F)cc2n1C. The van der Waals surface area contributed by atoms with E-state index in [1.54, 1.807) is 19.2 Å². The summed E-state index contributed by atoms with van der Waals surface area (Å²) >= 11 is 1.99. The van der Waals surface area contributed by atoms with Crippen molar-refractivity contribution in [1.29, 1.82) is 0 Å². The van der Waals surface area contributed by atoms with E-state index < -0.39 is 0 Å². The van der Waals surface area contributed by atoms with Crippen molar-refractivity contribution in [2.24, 2.45) is 7.05 Å². The van der Waals surface area contributed by atoms with Gasteiger partial charge in [-0.2, -0.15) is 11.8 Å². The average molecular weight is 480 g/mol. The third-order valence-electron chi connectivity index (χ3n) is 6.36. The fourth-order valence-electron chi connectivity index (χ4n) is 4.28. The van der Waals surface area contributed by atoms with E-state index >= 15 is 0 Å². The lowest BCUT2D eigenvalue weighted by atomic mass is 9.87. The van der Waals surface area contributed by atoms with Crippen LogP contribution in [0.1, 0.15) is 44.9 Å². The highest BCUT2D eigenvalue weighted by Crippen LogP contribution is 2.32. The van der Waals surface area contributed by atoms with E-state index in [0.29, 0.717) is 12.6 Å². The Balaban J connectivity index is 1.52. The molecule has 0 amide bonds. The van der Waals surface area contributed by atoms with Gasteiger partial charge in [0.25, 0.3) is 0 Å². The molecule has 4 nitrogen and oxygen atoms in total. The molecule has 2 heterocycles. The molecule has 1 aliphatic heterocycles. The van der Waals surface area contributed by atoms with Crippen LogP contribution in [0.15, 0.2) is 36.4 Å². The first kappa shape index (κ1) is 24.3. The third-order valence-corrected chi connectivity index (χ3v) is 7.41. The van der Waals surface area contributed by atoms with Gasteiger partial charge < -0.3 is 19.9 Å². The molecule has 0 spiro atoms. The van der Waals surface area contributed by atoms with Gasteiger partial charge in [-0.05, 0) is 71.6 Å². The standard InChI is InChI=1S/C28H34FN3OS/c1-28(2,3)19-8-9-24(27(15-19)33-5)30-12-6-7-22-18-23-25(31-21-10-13-34-14-11-21)16-20(29)17-26(23)32(22)4/h8-9,15-18,21,30-31H,10-14H2,1-5H3. The number of halogens is 1. The number of nitrogens with zero attached hydrogens (tertiary/aromatic N) is 1. The summed E-state index contributed by atoms with van der Waals surface area (Å²) in [5.41, 5.74) is 4.77. The molecule has 1 aliphatic rings. The van der Waals surface area contributed by atoms with Crippen LogP contribution in [0.25, 0.3) is 10.9 Å². The minimum Gasteiger partial charge on any atom is -0.495 e. The summed E-state index contributed by atoms with van der Waals surface area (Å²) in [4.78, 5) is 0. The molecule has 0 saturated carbocycles. The number of rotatable bonds is 5. The van der Waals surface area contributed by atoms with E-state index in [0.717, 1.165) is 58.1 Å². The van der Waals surface area contributed by atoms with Crippen LogP contribution in [-0.4, -0.2) is 35.8 Å². The molecule has 1 fully saturated rings. The molecule has 34 heavy (non-hydrogen) atoms. The molecular weight excluding hydrogens is 445 g/mol. The van der Waals surface area contributed by atoms with Gasteiger partial charge in [0.2, 0.25) is 0 Å². The zero-order valence-corrected chi connectivity index (χ0v) is 21.5. The summed E-state index contributed by atoms with van der Waals surface area (Å²) in [7, 11) is 3.62. The lowest BCUT2D eigenvalue weighted by Crippen LogP contribution is -2.24. The number of fused-ring (bicyclic) bond motifs is 1. The molecule has 0 radical (unpaired) electrons. The van der Waals surface area contributed by atoms with Crippen molar-refractivity contribution in [2.45, 2.75) is 45.1 Å². The van der Waals surface area contributed by atoms with Crippen molar-refractivity contribution in [1.82, 2.24) is 4.57 Å². The highest BCUT2D eigenvalue weighted by Gasteiger charge is 2.17. The van der Waals surface area contributed by atoms with Crippen LogP contribution in [-0.2, 0) is 12.5 Å². The molecule has 180 valence electrons. The predicted molar refractivity (Wildman–Crippen MR) is 144 cm³/mol. The van der Waals surface area contributed by atoms with E-state index in [1.165, 1.54) is 5.56 Å². The van der Waals surface area contributed by atoms with Crippen LogP contribution in [0.5, 0.6) is 5.75 Å². The van der Waals surface area contributed by atoms with Gasteiger partial charge in [-0.15, -0.1) is 0 Å². The van der Waals surface area contributed by atoms with Gasteiger partial charge in [0.15, 0.2) is 0 Å². The second-order valence-corrected chi connectivity index (χ2v) is 11.1. The first-order valence-corrected chi connectivity index (χ1v) is 13.0. The minimum atomic E-state index is -0.228. The van der Waals surface area contributed by atoms with Crippen LogP contribution in [0.3, 0.4) is 0 Å². The van der Waals surface area contributed by atoms with Crippen molar-refractivity contribution < 1.29 is 9.13 Å². The summed E-state index contributed by atoms with van der Waals surface area (Å²) in [5, 5.41) is 7.95. The maximum absolute atomic E-state index is 14.4. The van der Waals surface area contributed by atoms with E-state index in [2.05, 4.69) is 61.4 Å². The van der Waals surface area contributed by atoms with Crippen LogP contribution < -0.4 is 15.4 Å². The Kier molecular flexibility index (Phi) is 7.33. The smallest absolute Gasteiger partial charge is 0.142 e. The average Bonchev–Trinajstić information content (AvgIpc) is 3.12. The van der Waals surface area contributed by atoms with Crippen molar-refractivity contribution in [3.63, 3.8) is 0 Å². The number of thioether (sulfide) groups is 1.